The van der Waals surface area contributed by atoms with Gasteiger partial charge in [-0.15, -0.1) is 0 Å². The summed E-state index contributed by atoms with van der Waals surface area (Å²) in [7, 11) is 0. The largest absolute Gasteiger partial charge is 0.481 e. The Hall–Kier alpha value is -3.91. The summed E-state index contributed by atoms with van der Waals surface area (Å²) in [6, 6.07) is -6.05. The van der Waals surface area contributed by atoms with Crippen molar-refractivity contribution in [1.82, 2.24) is 31.1 Å². The van der Waals surface area contributed by atoms with Crippen LogP contribution >= 0.6 is 0 Å². The van der Waals surface area contributed by atoms with Gasteiger partial charge < -0.3 is 41.3 Å². The summed E-state index contributed by atoms with van der Waals surface area (Å²) < 4.78 is 0. The average molecular weight is 641 g/mol. The van der Waals surface area contributed by atoms with E-state index in [-0.39, 0.29) is 12.3 Å². The van der Waals surface area contributed by atoms with Gasteiger partial charge in [-0.05, 0) is 43.9 Å². The zero-order chi connectivity index (χ0) is 34.3. The van der Waals surface area contributed by atoms with Crippen LogP contribution in [0.1, 0.15) is 86.5 Å². The molecule has 1 fully saturated rings. The molecule has 256 valence electrons. The summed E-state index contributed by atoms with van der Waals surface area (Å²) in [5, 5.41) is 28.8. The minimum Gasteiger partial charge on any atom is -0.481 e. The molecule has 15 nitrogen and oxygen atoms in total. The van der Waals surface area contributed by atoms with Gasteiger partial charge in [0.2, 0.25) is 23.6 Å². The smallest absolute Gasteiger partial charge is 0.326 e. The molecule has 0 aromatic rings. The molecule has 1 aliphatic heterocycles. The quantitative estimate of drug-likeness (QED) is 0.118. The zero-order valence-corrected chi connectivity index (χ0v) is 27.4. The highest BCUT2D eigenvalue weighted by molar-refractivity contribution is 5.98. The summed E-state index contributed by atoms with van der Waals surface area (Å²) in [6.07, 6.45) is 1.70. The standard InChI is InChI=1S/C30H52N6O9/c1-7-11-36(12-8-2)30(45)34-25(19(5)6)28(42)32-20(16-23(37)35-13-9-10-14-35)26(40)31-21(17-24(38)39)27(41)33-22(29(43)44)15-18(3)4/h18-22,25H,7-17H2,1-6H3,(H,31,40)(H,32,42)(H,33,41)(H,34,45)(H,38,39)(H,43,44)/t20-,21-,22-,25-/m0/s1. The van der Waals surface area contributed by atoms with E-state index >= 15 is 0 Å². The summed E-state index contributed by atoms with van der Waals surface area (Å²) >= 11 is 0. The number of amides is 6. The molecule has 45 heavy (non-hydrogen) atoms. The number of carbonyl (C=O) groups excluding carboxylic acids is 5. The molecule has 1 saturated heterocycles. The van der Waals surface area contributed by atoms with Gasteiger partial charge in [-0.1, -0.05) is 41.5 Å². The highest BCUT2D eigenvalue weighted by Gasteiger charge is 2.35. The maximum atomic E-state index is 13.5. The normalized spacial score (nSPS) is 15.5. The number of urea groups is 1. The molecule has 0 aromatic carbocycles. The number of rotatable bonds is 19. The van der Waals surface area contributed by atoms with Crippen molar-refractivity contribution in [2.24, 2.45) is 11.8 Å². The van der Waals surface area contributed by atoms with Gasteiger partial charge in [0.1, 0.15) is 24.2 Å². The van der Waals surface area contributed by atoms with Crippen LogP contribution in [-0.2, 0) is 28.8 Å². The highest BCUT2D eigenvalue weighted by Crippen LogP contribution is 2.12. The minimum atomic E-state index is -1.69. The molecular weight excluding hydrogens is 588 g/mol. The fourth-order valence-electron chi connectivity index (χ4n) is 4.98. The molecule has 0 bridgehead atoms. The Labute approximate surface area is 265 Å². The maximum absolute atomic E-state index is 13.5. The van der Waals surface area contributed by atoms with Gasteiger partial charge in [-0.25, -0.2) is 9.59 Å². The summed E-state index contributed by atoms with van der Waals surface area (Å²) in [4.78, 5) is 92.5. The van der Waals surface area contributed by atoms with Crippen LogP contribution < -0.4 is 21.3 Å². The monoisotopic (exact) mass is 640 g/mol. The first kappa shape index (κ1) is 39.1. The molecule has 4 atom stereocenters. The van der Waals surface area contributed by atoms with Crippen LogP contribution in [0.25, 0.3) is 0 Å². The Balaban J connectivity index is 3.26. The number of carboxylic acid groups (broad SMARTS) is 2. The molecule has 0 aliphatic carbocycles. The van der Waals surface area contributed by atoms with Crippen molar-refractivity contribution in [2.45, 2.75) is 111 Å². The summed E-state index contributed by atoms with van der Waals surface area (Å²) in [5.41, 5.74) is 0. The summed E-state index contributed by atoms with van der Waals surface area (Å²) in [5.74, 6) is -6.46. The third-order valence-corrected chi connectivity index (χ3v) is 7.31. The van der Waals surface area contributed by atoms with E-state index in [1.165, 1.54) is 0 Å². The number of hydrogen-bond acceptors (Lipinski definition) is 7. The molecule has 0 spiro atoms. The molecule has 1 heterocycles. The van der Waals surface area contributed by atoms with Crippen LogP contribution in [0.3, 0.4) is 0 Å². The number of nitrogens with zero attached hydrogens (tertiary/aromatic N) is 2. The average Bonchev–Trinajstić information content (AvgIpc) is 3.49. The Kier molecular flexibility index (Phi) is 16.9. The van der Waals surface area contributed by atoms with Gasteiger partial charge in [-0.2, -0.15) is 0 Å². The first-order chi connectivity index (χ1) is 21.1. The Morgan fingerprint density at radius 3 is 1.64 bits per heavy atom. The van der Waals surface area contributed by atoms with Crippen LogP contribution in [0.15, 0.2) is 0 Å². The van der Waals surface area contributed by atoms with Gasteiger partial charge >= 0.3 is 18.0 Å². The number of nitrogens with one attached hydrogen (secondary N) is 4. The second-order valence-corrected chi connectivity index (χ2v) is 12.2. The van der Waals surface area contributed by atoms with Gasteiger partial charge in [0.15, 0.2) is 0 Å². The van der Waals surface area contributed by atoms with Crippen LogP contribution in [0, 0.1) is 11.8 Å². The van der Waals surface area contributed by atoms with Crippen LogP contribution in [0.2, 0.25) is 0 Å². The van der Waals surface area contributed by atoms with Crippen molar-refractivity contribution in [3.63, 3.8) is 0 Å². The van der Waals surface area contributed by atoms with E-state index in [1.54, 1.807) is 37.5 Å². The van der Waals surface area contributed by atoms with Crippen LogP contribution in [-0.4, -0.2) is 112 Å². The fourth-order valence-corrected chi connectivity index (χ4v) is 4.98. The first-order valence-electron chi connectivity index (χ1n) is 15.8. The van der Waals surface area contributed by atoms with E-state index < -0.39 is 84.5 Å². The van der Waals surface area contributed by atoms with Crippen LogP contribution in [0.5, 0.6) is 0 Å². The molecule has 6 amide bonds. The van der Waals surface area contributed by atoms with Crippen molar-refractivity contribution < 1.29 is 43.8 Å². The van der Waals surface area contributed by atoms with Crippen molar-refractivity contribution in [1.29, 1.82) is 0 Å². The third kappa shape index (κ3) is 13.7. The van der Waals surface area contributed by atoms with Gasteiger partial charge in [-0.3, -0.25) is 24.0 Å². The van der Waals surface area contributed by atoms with Crippen molar-refractivity contribution in [3.8, 4) is 0 Å². The van der Waals surface area contributed by atoms with Crippen LogP contribution in [0.4, 0.5) is 4.79 Å². The second kappa shape index (κ2) is 19.5. The molecule has 6 N–H and O–H groups in total. The number of aliphatic carboxylic acids is 2. The minimum absolute atomic E-state index is 0.0636. The van der Waals surface area contributed by atoms with Crippen molar-refractivity contribution in [2.75, 3.05) is 26.2 Å². The lowest BCUT2D eigenvalue weighted by Gasteiger charge is -2.29. The molecule has 15 heteroatoms. The Morgan fingerprint density at radius 1 is 0.711 bits per heavy atom. The number of carboxylic acids is 2. The lowest BCUT2D eigenvalue weighted by molar-refractivity contribution is -0.144. The molecule has 0 radical (unpaired) electrons. The highest BCUT2D eigenvalue weighted by atomic mass is 16.4. The summed E-state index contributed by atoms with van der Waals surface area (Å²) in [6.45, 7) is 12.7. The van der Waals surface area contributed by atoms with E-state index in [1.807, 2.05) is 13.8 Å². The molecule has 0 saturated carbocycles. The fraction of sp³-hybridized carbons (Fsp3) is 0.767. The molecule has 0 aromatic heterocycles. The Bertz CT molecular complexity index is 1040. The molecular formula is C30H52N6O9. The third-order valence-electron chi connectivity index (χ3n) is 7.31. The van der Waals surface area contributed by atoms with Crippen molar-refractivity contribution >= 4 is 41.6 Å². The van der Waals surface area contributed by atoms with Crippen molar-refractivity contribution in [3.05, 3.63) is 0 Å². The molecule has 0 unspecified atom stereocenters. The van der Waals surface area contributed by atoms with E-state index in [0.29, 0.717) is 39.0 Å². The predicted octanol–water partition coefficient (Wildman–Crippen LogP) is 0.915. The second-order valence-electron chi connectivity index (χ2n) is 12.2. The van der Waals surface area contributed by atoms with E-state index in [2.05, 4.69) is 21.3 Å². The van der Waals surface area contributed by atoms with Gasteiger partial charge in [0.05, 0.1) is 12.8 Å². The Morgan fingerprint density at radius 2 is 1.20 bits per heavy atom. The topological polar surface area (TPSA) is 215 Å². The lowest BCUT2D eigenvalue weighted by Crippen LogP contribution is -2.60. The number of likely N-dealkylation sites (tertiary alicyclic amines) is 1. The molecule has 1 rings (SSSR count). The van der Waals surface area contributed by atoms with E-state index in [9.17, 15) is 43.8 Å². The number of carbonyl (C=O) groups is 7. The lowest BCUT2D eigenvalue weighted by atomic mass is 10.0. The SMILES string of the molecule is CCCN(CCC)C(=O)N[C@H](C(=O)N[C@@H](CC(=O)N1CCCC1)C(=O)N[C@@H](CC(=O)O)C(=O)N[C@@H](CC(C)C)C(=O)O)C(C)C. The molecule has 1 aliphatic rings. The van der Waals surface area contributed by atoms with E-state index in [0.717, 1.165) is 12.8 Å². The zero-order valence-electron chi connectivity index (χ0n) is 27.4. The maximum Gasteiger partial charge on any atom is 0.326 e. The first-order valence-corrected chi connectivity index (χ1v) is 15.8. The van der Waals surface area contributed by atoms with E-state index in [4.69, 9.17) is 0 Å². The van der Waals surface area contributed by atoms with Gasteiger partial charge in [0.25, 0.3) is 0 Å². The number of hydrogen-bond donors (Lipinski definition) is 6. The van der Waals surface area contributed by atoms with Gasteiger partial charge in [0, 0.05) is 26.2 Å². The predicted molar refractivity (Wildman–Crippen MR) is 165 cm³/mol.